The Morgan fingerprint density at radius 3 is 2.35 bits per heavy atom. The number of Topliss-reactive ketones (excluding diaryl/α,β-unsaturated/α-hetero) is 1. The van der Waals surface area contributed by atoms with Crippen molar-refractivity contribution in [3.05, 3.63) is 23.8 Å². The highest BCUT2D eigenvalue weighted by Crippen LogP contribution is 2.26. The van der Waals surface area contributed by atoms with Gasteiger partial charge in [-0.15, -0.1) is 0 Å². The SMILES string of the molecule is COc1ccc(C)cc1NC(=O)C(C(C)=O)N1C(=O)CCC1=O. The van der Waals surface area contributed by atoms with Crippen molar-refractivity contribution in [2.75, 3.05) is 12.4 Å². The first-order valence-corrected chi connectivity index (χ1v) is 7.16. The van der Waals surface area contributed by atoms with Gasteiger partial charge in [0.25, 0.3) is 5.91 Å². The third kappa shape index (κ3) is 3.39. The van der Waals surface area contributed by atoms with Gasteiger partial charge in [0.1, 0.15) is 5.75 Å². The number of aryl methyl sites for hydroxylation is 1. The molecule has 0 radical (unpaired) electrons. The number of likely N-dealkylation sites (tertiary alicyclic amines) is 1. The number of benzene rings is 1. The zero-order valence-corrected chi connectivity index (χ0v) is 13.2. The Balaban J connectivity index is 2.29. The lowest BCUT2D eigenvalue weighted by Gasteiger charge is -2.23. The second kappa shape index (κ2) is 6.60. The number of nitrogens with one attached hydrogen (secondary N) is 1. The number of ether oxygens (including phenoxy) is 1. The molecular weight excluding hydrogens is 300 g/mol. The average molecular weight is 318 g/mol. The van der Waals surface area contributed by atoms with E-state index in [9.17, 15) is 19.2 Å². The average Bonchev–Trinajstić information content (AvgIpc) is 2.79. The number of nitrogens with zero attached hydrogens (tertiary/aromatic N) is 1. The number of ketones is 1. The van der Waals surface area contributed by atoms with Crippen LogP contribution in [0.25, 0.3) is 0 Å². The van der Waals surface area contributed by atoms with Gasteiger partial charge >= 0.3 is 0 Å². The number of carbonyl (C=O) groups excluding carboxylic acids is 4. The normalized spacial score (nSPS) is 15.5. The fourth-order valence-electron chi connectivity index (χ4n) is 2.49. The van der Waals surface area contributed by atoms with Crippen LogP contribution < -0.4 is 10.1 Å². The predicted octanol–water partition coefficient (Wildman–Crippen LogP) is 1.05. The molecule has 1 aromatic carbocycles. The lowest BCUT2D eigenvalue weighted by Crippen LogP contribution is -2.50. The lowest BCUT2D eigenvalue weighted by atomic mass is 10.1. The Hall–Kier alpha value is -2.70. The van der Waals surface area contributed by atoms with Crippen molar-refractivity contribution in [1.29, 1.82) is 0 Å². The molecule has 1 heterocycles. The lowest BCUT2D eigenvalue weighted by molar-refractivity contribution is -0.149. The molecule has 7 heteroatoms. The van der Waals surface area contributed by atoms with Gasteiger partial charge in [0.15, 0.2) is 11.8 Å². The van der Waals surface area contributed by atoms with Gasteiger partial charge in [-0.3, -0.25) is 24.1 Å². The van der Waals surface area contributed by atoms with E-state index < -0.39 is 29.5 Å². The number of rotatable bonds is 5. The molecule has 2 rings (SSSR count). The van der Waals surface area contributed by atoms with Crippen molar-refractivity contribution in [1.82, 2.24) is 4.90 Å². The maximum absolute atomic E-state index is 12.5. The van der Waals surface area contributed by atoms with E-state index in [2.05, 4.69) is 5.32 Å². The molecule has 0 aromatic heterocycles. The van der Waals surface area contributed by atoms with Gasteiger partial charge in [-0.1, -0.05) is 6.07 Å². The monoisotopic (exact) mass is 318 g/mol. The number of carbonyl (C=O) groups is 4. The van der Waals surface area contributed by atoms with E-state index in [4.69, 9.17) is 4.74 Å². The van der Waals surface area contributed by atoms with Crippen LogP contribution in [0.2, 0.25) is 0 Å². The Labute approximate surface area is 133 Å². The zero-order chi connectivity index (χ0) is 17.1. The van der Waals surface area contributed by atoms with Crippen molar-refractivity contribution < 1.29 is 23.9 Å². The largest absolute Gasteiger partial charge is 0.495 e. The summed E-state index contributed by atoms with van der Waals surface area (Å²) in [7, 11) is 1.45. The molecule has 1 atom stereocenters. The highest BCUT2D eigenvalue weighted by Gasteiger charge is 2.41. The van der Waals surface area contributed by atoms with Crippen LogP contribution in [0.15, 0.2) is 18.2 Å². The molecule has 0 aliphatic carbocycles. The molecule has 0 saturated carbocycles. The highest BCUT2D eigenvalue weighted by atomic mass is 16.5. The Morgan fingerprint density at radius 1 is 1.22 bits per heavy atom. The van der Waals surface area contributed by atoms with Crippen LogP contribution in [0, 0.1) is 6.92 Å². The fraction of sp³-hybridized carbons (Fsp3) is 0.375. The number of methoxy groups -OCH3 is 1. The second-order valence-electron chi connectivity index (χ2n) is 5.36. The molecular formula is C16H18N2O5. The Bertz CT molecular complexity index is 667. The van der Waals surface area contributed by atoms with E-state index >= 15 is 0 Å². The Morgan fingerprint density at radius 2 is 1.83 bits per heavy atom. The minimum Gasteiger partial charge on any atom is -0.495 e. The number of hydrogen-bond donors (Lipinski definition) is 1. The molecule has 0 spiro atoms. The summed E-state index contributed by atoms with van der Waals surface area (Å²) in [6, 6.07) is 3.72. The topological polar surface area (TPSA) is 92.8 Å². The van der Waals surface area contributed by atoms with Crippen LogP contribution in [-0.2, 0) is 19.2 Å². The van der Waals surface area contributed by atoms with Crippen LogP contribution >= 0.6 is 0 Å². The van der Waals surface area contributed by atoms with E-state index in [0.717, 1.165) is 10.5 Å². The molecule has 3 amide bonds. The third-order valence-electron chi connectivity index (χ3n) is 3.59. The zero-order valence-electron chi connectivity index (χ0n) is 13.2. The van der Waals surface area contributed by atoms with Gasteiger partial charge in [0.05, 0.1) is 12.8 Å². The van der Waals surface area contributed by atoms with Crippen molar-refractivity contribution in [2.24, 2.45) is 0 Å². The molecule has 1 aromatic rings. The van der Waals surface area contributed by atoms with Crippen LogP contribution in [0.4, 0.5) is 5.69 Å². The van der Waals surface area contributed by atoms with E-state index in [1.165, 1.54) is 14.0 Å². The smallest absolute Gasteiger partial charge is 0.255 e. The first kappa shape index (κ1) is 16.7. The first-order valence-electron chi connectivity index (χ1n) is 7.16. The summed E-state index contributed by atoms with van der Waals surface area (Å²) < 4.78 is 5.16. The minimum absolute atomic E-state index is 0.0175. The summed E-state index contributed by atoms with van der Waals surface area (Å²) in [4.78, 5) is 48.7. The van der Waals surface area contributed by atoms with Gasteiger partial charge in [-0.25, -0.2) is 0 Å². The van der Waals surface area contributed by atoms with Crippen LogP contribution in [-0.4, -0.2) is 41.6 Å². The number of hydrogen-bond acceptors (Lipinski definition) is 5. The van der Waals surface area contributed by atoms with Crippen LogP contribution in [0.1, 0.15) is 25.3 Å². The quantitative estimate of drug-likeness (QED) is 0.647. The summed E-state index contributed by atoms with van der Waals surface area (Å²) in [6.45, 7) is 3.02. The number of amides is 3. The minimum atomic E-state index is -1.46. The molecule has 7 nitrogen and oxygen atoms in total. The number of imide groups is 1. The fourth-order valence-corrected chi connectivity index (χ4v) is 2.49. The molecule has 1 N–H and O–H groups in total. The van der Waals surface area contributed by atoms with Gasteiger partial charge in [-0.2, -0.15) is 0 Å². The number of anilines is 1. The molecule has 1 fully saturated rings. The maximum atomic E-state index is 12.5. The van der Waals surface area contributed by atoms with Crippen LogP contribution in [0.5, 0.6) is 5.75 Å². The van der Waals surface area contributed by atoms with Crippen molar-refractivity contribution in [3.8, 4) is 5.75 Å². The van der Waals surface area contributed by atoms with Crippen molar-refractivity contribution in [2.45, 2.75) is 32.7 Å². The summed E-state index contributed by atoms with van der Waals surface area (Å²) in [5.74, 6) is -1.91. The molecule has 122 valence electrons. The van der Waals surface area contributed by atoms with E-state index in [1.807, 2.05) is 13.0 Å². The van der Waals surface area contributed by atoms with E-state index in [-0.39, 0.29) is 12.8 Å². The predicted molar refractivity (Wildman–Crippen MR) is 81.9 cm³/mol. The van der Waals surface area contributed by atoms with Crippen LogP contribution in [0.3, 0.4) is 0 Å². The standard InChI is InChI=1S/C16H18N2O5/c1-9-4-5-12(23-3)11(8-9)17-16(22)15(10(2)19)18-13(20)6-7-14(18)21/h4-5,8,15H,6-7H2,1-3H3,(H,17,22). The Kier molecular flexibility index (Phi) is 4.78. The summed E-state index contributed by atoms with van der Waals surface area (Å²) in [6.07, 6.45) is 0.0350. The summed E-state index contributed by atoms with van der Waals surface area (Å²) in [5, 5.41) is 2.57. The second-order valence-corrected chi connectivity index (χ2v) is 5.36. The van der Waals surface area contributed by atoms with Gasteiger partial charge in [0, 0.05) is 12.8 Å². The molecule has 1 aliphatic rings. The molecule has 1 saturated heterocycles. The third-order valence-corrected chi connectivity index (χ3v) is 3.59. The maximum Gasteiger partial charge on any atom is 0.255 e. The molecule has 1 aliphatic heterocycles. The van der Waals surface area contributed by atoms with Crippen molar-refractivity contribution >= 4 is 29.2 Å². The van der Waals surface area contributed by atoms with Gasteiger partial charge in [-0.05, 0) is 31.5 Å². The van der Waals surface area contributed by atoms with Gasteiger partial charge < -0.3 is 10.1 Å². The van der Waals surface area contributed by atoms with Crippen molar-refractivity contribution in [3.63, 3.8) is 0 Å². The molecule has 1 unspecified atom stereocenters. The summed E-state index contributed by atoms with van der Waals surface area (Å²) >= 11 is 0. The van der Waals surface area contributed by atoms with E-state index in [1.54, 1.807) is 12.1 Å². The molecule has 0 bridgehead atoms. The van der Waals surface area contributed by atoms with E-state index in [0.29, 0.717) is 11.4 Å². The van der Waals surface area contributed by atoms with Gasteiger partial charge in [0.2, 0.25) is 11.8 Å². The highest BCUT2D eigenvalue weighted by molar-refractivity contribution is 6.17. The first-order chi connectivity index (χ1) is 10.8. The molecule has 23 heavy (non-hydrogen) atoms. The summed E-state index contributed by atoms with van der Waals surface area (Å²) in [5.41, 5.74) is 1.26.